The van der Waals surface area contributed by atoms with Crippen LogP contribution in [0.5, 0.6) is 5.88 Å². The van der Waals surface area contributed by atoms with Gasteiger partial charge in [-0.25, -0.2) is 9.97 Å². The number of anilines is 1. The number of ether oxygens (including phenoxy) is 1. The summed E-state index contributed by atoms with van der Waals surface area (Å²) in [6, 6.07) is 1.85. The highest BCUT2D eigenvalue weighted by Crippen LogP contribution is 2.25. The van der Waals surface area contributed by atoms with E-state index in [0.29, 0.717) is 16.8 Å². The average Bonchev–Trinajstić information content (AvgIpc) is 2.79. The lowest BCUT2D eigenvalue weighted by atomic mass is 10.0. The molecule has 19 heavy (non-hydrogen) atoms. The third-order valence-electron chi connectivity index (χ3n) is 3.16. The minimum Gasteiger partial charge on any atom is -0.481 e. The zero-order chi connectivity index (χ0) is 13.2. The van der Waals surface area contributed by atoms with Crippen LogP contribution in [0.1, 0.15) is 0 Å². The smallest absolute Gasteiger partial charge is 0.218 e. The second kappa shape index (κ2) is 5.05. The Morgan fingerprint density at radius 3 is 2.95 bits per heavy atom. The predicted molar refractivity (Wildman–Crippen MR) is 71.5 cm³/mol. The van der Waals surface area contributed by atoms with Crippen molar-refractivity contribution in [1.29, 1.82) is 0 Å². The zero-order valence-corrected chi connectivity index (χ0v) is 11.3. The number of nitrogens with zero attached hydrogens (tertiary/aromatic N) is 5. The van der Waals surface area contributed by atoms with E-state index in [9.17, 15) is 0 Å². The molecule has 1 aliphatic rings. The van der Waals surface area contributed by atoms with Gasteiger partial charge in [0.05, 0.1) is 18.3 Å². The first-order chi connectivity index (χ1) is 9.24. The van der Waals surface area contributed by atoms with Crippen LogP contribution in [-0.4, -0.2) is 39.9 Å². The van der Waals surface area contributed by atoms with E-state index in [-0.39, 0.29) is 0 Å². The van der Waals surface area contributed by atoms with Gasteiger partial charge in [-0.1, -0.05) is 11.6 Å². The van der Waals surface area contributed by atoms with Gasteiger partial charge in [0, 0.05) is 37.8 Å². The maximum Gasteiger partial charge on any atom is 0.218 e. The van der Waals surface area contributed by atoms with Crippen molar-refractivity contribution in [3.8, 4) is 5.88 Å². The van der Waals surface area contributed by atoms with Crippen molar-refractivity contribution in [3.05, 3.63) is 29.8 Å². The fourth-order valence-corrected chi connectivity index (χ4v) is 2.35. The van der Waals surface area contributed by atoms with Crippen LogP contribution in [0, 0.1) is 5.92 Å². The molecule has 0 amide bonds. The van der Waals surface area contributed by atoms with Crippen LogP contribution in [0.2, 0.25) is 5.02 Å². The zero-order valence-electron chi connectivity index (χ0n) is 10.5. The van der Waals surface area contributed by atoms with Crippen molar-refractivity contribution < 1.29 is 4.74 Å². The second-order valence-electron chi connectivity index (χ2n) is 4.57. The molecule has 0 atom stereocenters. The van der Waals surface area contributed by atoms with E-state index in [1.807, 2.05) is 16.9 Å². The lowest BCUT2D eigenvalue weighted by Gasteiger charge is -2.40. The molecule has 0 unspecified atom stereocenters. The van der Waals surface area contributed by atoms with Gasteiger partial charge in [0.15, 0.2) is 0 Å². The molecule has 1 fully saturated rings. The van der Waals surface area contributed by atoms with Crippen LogP contribution in [0.3, 0.4) is 0 Å². The molecule has 0 aliphatic carbocycles. The number of rotatable bonds is 4. The van der Waals surface area contributed by atoms with Crippen molar-refractivity contribution >= 4 is 17.4 Å². The third kappa shape index (κ3) is 2.63. The molecular weight excluding hydrogens is 266 g/mol. The van der Waals surface area contributed by atoms with Gasteiger partial charge in [-0.05, 0) is 0 Å². The first kappa shape index (κ1) is 12.2. The molecule has 0 aromatic carbocycles. The number of aromatic nitrogens is 4. The van der Waals surface area contributed by atoms with E-state index in [0.717, 1.165) is 25.5 Å². The normalized spacial score (nSPS) is 15.4. The van der Waals surface area contributed by atoms with Crippen molar-refractivity contribution in [1.82, 2.24) is 19.7 Å². The molecule has 0 bridgehead atoms. The standard InChI is InChI=1S/C12H14ClN5O/c1-19-12-2-11(14-8-15-12)17-4-9(5-17)6-18-7-10(13)3-16-18/h2-3,7-9H,4-6H2,1H3. The lowest BCUT2D eigenvalue weighted by Crippen LogP contribution is -2.49. The summed E-state index contributed by atoms with van der Waals surface area (Å²) in [6.07, 6.45) is 5.03. The van der Waals surface area contributed by atoms with Gasteiger partial charge in [0.2, 0.25) is 5.88 Å². The van der Waals surface area contributed by atoms with E-state index < -0.39 is 0 Å². The molecule has 1 saturated heterocycles. The number of hydrogen-bond donors (Lipinski definition) is 0. The largest absolute Gasteiger partial charge is 0.481 e. The molecular formula is C12H14ClN5O. The number of methoxy groups -OCH3 is 1. The van der Waals surface area contributed by atoms with Crippen molar-refractivity contribution in [2.45, 2.75) is 6.54 Å². The molecule has 0 saturated carbocycles. The van der Waals surface area contributed by atoms with Crippen LogP contribution in [0.15, 0.2) is 24.8 Å². The lowest BCUT2D eigenvalue weighted by molar-refractivity contribution is 0.339. The van der Waals surface area contributed by atoms with Gasteiger partial charge in [-0.15, -0.1) is 0 Å². The molecule has 3 rings (SSSR count). The summed E-state index contributed by atoms with van der Waals surface area (Å²) in [7, 11) is 1.60. The Balaban J connectivity index is 1.57. The molecule has 100 valence electrons. The highest BCUT2D eigenvalue weighted by atomic mass is 35.5. The van der Waals surface area contributed by atoms with Gasteiger partial charge in [-0.3, -0.25) is 4.68 Å². The van der Waals surface area contributed by atoms with E-state index in [2.05, 4.69) is 20.0 Å². The Morgan fingerprint density at radius 1 is 1.42 bits per heavy atom. The summed E-state index contributed by atoms with van der Waals surface area (Å²) in [5.74, 6) is 2.06. The van der Waals surface area contributed by atoms with Crippen LogP contribution in [0.4, 0.5) is 5.82 Å². The quantitative estimate of drug-likeness (QED) is 0.848. The molecule has 6 nitrogen and oxygen atoms in total. The fourth-order valence-electron chi connectivity index (χ4n) is 2.19. The van der Waals surface area contributed by atoms with E-state index in [4.69, 9.17) is 16.3 Å². The Bertz CT molecular complexity index is 567. The Kier molecular flexibility index (Phi) is 3.25. The average molecular weight is 280 g/mol. The van der Waals surface area contributed by atoms with Crippen molar-refractivity contribution in [3.63, 3.8) is 0 Å². The Morgan fingerprint density at radius 2 is 2.26 bits per heavy atom. The maximum atomic E-state index is 5.84. The van der Waals surface area contributed by atoms with E-state index in [1.54, 1.807) is 13.3 Å². The Labute approximate surface area is 116 Å². The van der Waals surface area contributed by atoms with Crippen LogP contribution in [-0.2, 0) is 6.54 Å². The van der Waals surface area contributed by atoms with Gasteiger partial charge in [0.1, 0.15) is 12.1 Å². The maximum absolute atomic E-state index is 5.84. The summed E-state index contributed by atoms with van der Waals surface area (Å²) >= 11 is 5.84. The summed E-state index contributed by atoms with van der Waals surface area (Å²) in [4.78, 5) is 10.4. The summed E-state index contributed by atoms with van der Waals surface area (Å²) < 4.78 is 6.97. The van der Waals surface area contributed by atoms with Crippen molar-refractivity contribution in [2.75, 3.05) is 25.1 Å². The predicted octanol–water partition coefficient (Wildman–Crippen LogP) is 1.47. The summed E-state index contributed by atoms with van der Waals surface area (Å²) in [6.45, 7) is 2.79. The fraction of sp³-hybridized carbons (Fsp3) is 0.417. The molecule has 0 radical (unpaired) electrons. The van der Waals surface area contributed by atoms with E-state index in [1.165, 1.54) is 6.33 Å². The van der Waals surface area contributed by atoms with Gasteiger partial charge in [0.25, 0.3) is 0 Å². The van der Waals surface area contributed by atoms with Gasteiger partial charge in [-0.2, -0.15) is 5.10 Å². The molecule has 3 heterocycles. The molecule has 1 aliphatic heterocycles. The minimum absolute atomic E-state index is 0.567. The van der Waals surface area contributed by atoms with Gasteiger partial charge >= 0.3 is 0 Å². The number of hydrogen-bond acceptors (Lipinski definition) is 5. The number of halogens is 1. The molecule has 2 aromatic heterocycles. The molecule has 2 aromatic rings. The molecule has 0 spiro atoms. The highest BCUT2D eigenvalue weighted by Gasteiger charge is 2.28. The van der Waals surface area contributed by atoms with E-state index >= 15 is 0 Å². The first-order valence-electron chi connectivity index (χ1n) is 6.03. The summed E-state index contributed by atoms with van der Waals surface area (Å²) in [5.41, 5.74) is 0. The summed E-state index contributed by atoms with van der Waals surface area (Å²) in [5, 5.41) is 4.86. The molecule has 0 N–H and O–H groups in total. The minimum atomic E-state index is 0.567. The highest BCUT2D eigenvalue weighted by molar-refractivity contribution is 6.30. The monoisotopic (exact) mass is 279 g/mol. The third-order valence-corrected chi connectivity index (χ3v) is 3.36. The van der Waals surface area contributed by atoms with Crippen LogP contribution >= 0.6 is 11.6 Å². The van der Waals surface area contributed by atoms with Crippen LogP contribution < -0.4 is 9.64 Å². The topological polar surface area (TPSA) is 56.1 Å². The SMILES string of the molecule is COc1cc(N2CC(Cn3cc(Cl)cn3)C2)ncn1. The van der Waals surface area contributed by atoms with Crippen LogP contribution in [0.25, 0.3) is 0 Å². The second-order valence-corrected chi connectivity index (χ2v) is 5.01. The van der Waals surface area contributed by atoms with Crippen molar-refractivity contribution in [2.24, 2.45) is 5.92 Å². The molecule has 7 heteroatoms. The Hall–Kier alpha value is -1.82. The van der Waals surface area contributed by atoms with Gasteiger partial charge < -0.3 is 9.64 Å². The first-order valence-corrected chi connectivity index (χ1v) is 6.41.